The predicted molar refractivity (Wildman–Crippen MR) is 127 cm³/mol. The molecule has 0 bridgehead atoms. The maximum atomic E-state index is 13.1. The number of nitrogens with two attached hydrogens (primary N) is 3. The van der Waals surface area contributed by atoms with Crippen LogP contribution in [-0.4, -0.2) is 82.7 Å². The number of carboxylic acid groups (broad SMARTS) is 1. The number of carboxylic acids is 1. The van der Waals surface area contributed by atoms with E-state index in [1.165, 1.54) is 4.90 Å². The highest BCUT2D eigenvalue weighted by atomic mass is 32.1. The summed E-state index contributed by atoms with van der Waals surface area (Å²) >= 11 is 4.15. The lowest BCUT2D eigenvalue weighted by atomic mass is 9.99. The molecule has 12 nitrogen and oxygen atoms in total. The van der Waals surface area contributed by atoms with E-state index in [1.807, 2.05) is 13.8 Å². The largest absolute Gasteiger partial charge is 0.480 e. The van der Waals surface area contributed by atoms with E-state index in [2.05, 4.69) is 28.3 Å². The van der Waals surface area contributed by atoms with E-state index in [0.29, 0.717) is 25.7 Å². The van der Waals surface area contributed by atoms with Crippen molar-refractivity contribution in [2.75, 3.05) is 18.8 Å². The van der Waals surface area contributed by atoms with Crippen molar-refractivity contribution < 1.29 is 24.3 Å². The molecule has 0 aromatic carbocycles. The Labute approximate surface area is 199 Å². The van der Waals surface area contributed by atoms with Gasteiger partial charge in [-0.3, -0.25) is 19.4 Å². The van der Waals surface area contributed by atoms with Gasteiger partial charge in [-0.15, -0.1) is 0 Å². The molecule has 0 aliphatic carbocycles. The first-order valence-electron chi connectivity index (χ1n) is 11.1. The standard InChI is InChI=1S/C20H37N7O5S/c1-3-11(2)15(21)17(29)26-13(10-33)16(28)25-12(6-4-8-24-20(22)23)18(30)27-9-5-7-14(27)19(31)32/h11-15,33H,3-10,21H2,1-2H3,(H,25,28)(H,26,29)(H,31,32)(H4,22,23,24). The molecule has 1 rings (SSSR count). The minimum Gasteiger partial charge on any atom is -0.480 e. The van der Waals surface area contributed by atoms with Gasteiger partial charge in [0, 0.05) is 18.8 Å². The summed E-state index contributed by atoms with van der Waals surface area (Å²) in [6.07, 6.45) is 2.15. The number of nitrogens with zero attached hydrogens (tertiary/aromatic N) is 2. The van der Waals surface area contributed by atoms with E-state index < -0.39 is 47.9 Å². The summed E-state index contributed by atoms with van der Waals surface area (Å²) in [6.45, 7) is 4.26. The van der Waals surface area contributed by atoms with Gasteiger partial charge >= 0.3 is 5.97 Å². The normalized spacial score (nSPS) is 19.2. The smallest absolute Gasteiger partial charge is 0.326 e. The molecule has 1 saturated heterocycles. The number of carbonyl (C=O) groups excluding carboxylic acids is 3. The SMILES string of the molecule is CCC(C)C(N)C(=O)NC(CS)C(=O)NC(CCCN=C(N)N)C(=O)N1CCCC1C(=O)O. The number of thiol groups is 1. The molecule has 0 saturated carbocycles. The van der Waals surface area contributed by atoms with Crippen molar-refractivity contribution in [1.82, 2.24) is 15.5 Å². The highest BCUT2D eigenvalue weighted by molar-refractivity contribution is 7.80. The van der Waals surface area contributed by atoms with Crippen molar-refractivity contribution in [1.29, 1.82) is 0 Å². The summed E-state index contributed by atoms with van der Waals surface area (Å²) in [7, 11) is 0. The van der Waals surface area contributed by atoms with Crippen LogP contribution in [0.15, 0.2) is 4.99 Å². The van der Waals surface area contributed by atoms with Crippen LogP contribution in [0.5, 0.6) is 0 Å². The zero-order valence-corrected chi connectivity index (χ0v) is 20.1. The van der Waals surface area contributed by atoms with E-state index in [0.717, 1.165) is 0 Å². The second-order valence-electron chi connectivity index (χ2n) is 8.19. The lowest BCUT2D eigenvalue weighted by molar-refractivity contribution is -0.149. The molecule has 0 aromatic rings. The number of rotatable bonds is 13. The van der Waals surface area contributed by atoms with Gasteiger partial charge in [0.25, 0.3) is 0 Å². The number of carbonyl (C=O) groups is 4. The molecule has 13 heteroatoms. The van der Waals surface area contributed by atoms with E-state index in [4.69, 9.17) is 17.2 Å². The summed E-state index contributed by atoms with van der Waals surface area (Å²) in [6, 6.07) is -3.75. The number of aliphatic carboxylic acids is 1. The van der Waals surface area contributed by atoms with Crippen molar-refractivity contribution in [3.63, 3.8) is 0 Å². The van der Waals surface area contributed by atoms with Gasteiger partial charge in [-0.2, -0.15) is 12.6 Å². The summed E-state index contributed by atoms with van der Waals surface area (Å²) < 4.78 is 0. The third kappa shape index (κ3) is 8.72. The first-order chi connectivity index (χ1) is 15.5. The minimum absolute atomic E-state index is 0.0127. The third-order valence-electron chi connectivity index (χ3n) is 5.76. The third-order valence-corrected chi connectivity index (χ3v) is 6.12. The maximum absolute atomic E-state index is 13.1. The molecule has 5 atom stereocenters. The molecule has 1 fully saturated rings. The Hall–Kier alpha value is -2.54. The monoisotopic (exact) mass is 487 g/mol. The lowest BCUT2D eigenvalue weighted by Crippen LogP contribution is -2.58. The molecule has 1 aliphatic rings. The average Bonchev–Trinajstić information content (AvgIpc) is 3.27. The molecule has 9 N–H and O–H groups in total. The van der Waals surface area contributed by atoms with Gasteiger partial charge < -0.3 is 37.8 Å². The van der Waals surface area contributed by atoms with Crippen LogP contribution < -0.4 is 27.8 Å². The molecular formula is C20H37N7O5S. The molecule has 1 heterocycles. The summed E-state index contributed by atoms with van der Waals surface area (Å²) in [5.74, 6) is -2.88. The molecule has 0 radical (unpaired) electrons. The number of likely N-dealkylation sites (tertiary alicyclic amines) is 1. The van der Waals surface area contributed by atoms with Crippen LogP contribution in [0.1, 0.15) is 46.0 Å². The van der Waals surface area contributed by atoms with Gasteiger partial charge in [0.2, 0.25) is 17.7 Å². The second-order valence-corrected chi connectivity index (χ2v) is 8.56. The van der Waals surface area contributed by atoms with Crippen LogP contribution >= 0.6 is 12.6 Å². The Bertz CT molecular complexity index is 732. The summed E-state index contributed by atoms with van der Waals surface area (Å²) in [4.78, 5) is 55.1. The number of guanidine groups is 1. The van der Waals surface area contributed by atoms with Gasteiger partial charge in [-0.25, -0.2) is 4.79 Å². The van der Waals surface area contributed by atoms with Crippen molar-refractivity contribution in [3.8, 4) is 0 Å². The Morgan fingerprint density at radius 1 is 1.18 bits per heavy atom. The Morgan fingerprint density at radius 2 is 1.82 bits per heavy atom. The van der Waals surface area contributed by atoms with Crippen molar-refractivity contribution in [3.05, 3.63) is 0 Å². The molecule has 3 amide bonds. The minimum atomic E-state index is -1.09. The molecule has 5 unspecified atom stereocenters. The van der Waals surface area contributed by atoms with Gasteiger partial charge in [0.1, 0.15) is 18.1 Å². The van der Waals surface area contributed by atoms with Crippen LogP contribution in [-0.2, 0) is 19.2 Å². The number of amides is 3. The number of hydrogen-bond acceptors (Lipinski definition) is 7. The zero-order valence-electron chi connectivity index (χ0n) is 19.2. The van der Waals surface area contributed by atoms with E-state index in [9.17, 15) is 24.3 Å². The van der Waals surface area contributed by atoms with Crippen molar-refractivity contribution in [2.45, 2.75) is 70.1 Å². The Balaban J connectivity index is 2.93. The van der Waals surface area contributed by atoms with Crippen LogP contribution in [0.3, 0.4) is 0 Å². The number of nitrogens with one attached hydrogen (secondary N) is 2. The Morgan fingerprint density at radius 3 is 2.36 bits per heavy atom. The van der Waals surface area contributed by atoms with Gasteiger partial charge in [-0.05, 0) is 31.6 Å². The fourth-order valence-corrected chi connectivity index (χ4v) is 3.75. The average molecular weight is 488 g/mol. The first-order valence-corrected chi connectivity index (χ1v) is 11.7. The van der Waals surface area contributed by atoms with Gasteiger partial charge in [0.05, 0.1) is 6.04 Å². The molecule has 33 heavy (non-hydrogen) atoms. The maximum Gasteiger partial charge on any atom is 0.326 e. The topological polar surface area (TPSA) is 206 Å². The van der Waals surface area contributed by atoms with Gasteiger partial charge in [-0.1, -0.05) is 20.3 Å². The van der Waals surface area contributed by atoms with Gasteiger partial charge in [0.15, 0.2) is 5.96 Å². The van der Waals surface area contributed by atoms with Crippen LogP contribution in [0.4, 0.5) is 0 Å². The fourth-order valence-electron chi connectivity index (χ4n) is 3.50. The van der Waals surface area contributed by atoms with Crippen LogP contribution in [0, 0.1) is 5.92 Å². The summed E-state index contributed by atoms with van der Waals surface area (Å²) in [5.41, 5.74) is 16.6. The van der Waals surface area contributed by atoms with E-state index >= 15 is 0 Å². The molecule has 1 aliphatic heterocycles. The molecule has 188 valence electrons. The van der Waals surface area contributed by atoms with Crippen LogP contribution in [0.25, 0.3) is 0 Å². The fraction of sp³-hybridized carbons (Fsp3) is 0.750. The molecule has 0 spiro atoms. The van der Waals surface area contributed by atoms with E-state index in [-0.39, 0.29) is 37.1 Å². The second kappa shape index (κ2) is 13.9. The number of hydrogen-bond donors (Lipinski definition) is 7. The highest BCUT2D eigenvalue weighted by Crippen LogP contribution is 2.19. The number of aliphatic imine (C=N–C) groups is 1. The Kier molecular flexibility index (Phi) is 12.0. The quantitative estimate of drug-likeness (QED) is 0.0694. The van der Waals surface area contributed by atoms with Crippen LogP contribution in [0.2, 0.25) is 0 Å². The molecule has 0 aromatic heterocycles. The lowest BCUT2D eigenvalue weighted by Gasteiger charge is -2.29. The van der Waals surface area contributed by atoms with Crippen molar-refractivity contribution >= 4 is 42.3 Å². The molecular weight excluding hydrogens is 450 g/mol. The first kappa shape index (κ1) is 28.5. The van der Waals surface area contributed by atoms with E-state index in [1.54, 1.807) is 0 Å². The zero-order chi connectivity index (χ0) is 25.1. The highest BCUT2D eigenvalue weighted by Gasteiger charge is 2.38. The van der Waals surface area contributed by atoms with Crippen molar-refractivity contribution in [2.24, 2.45) is 28.1 Å². The summed E-state index contributed by atoms with van der Waals surface area (Å²) in [5, 5.41) is 14.6. The predicted octanol–water partition coefficient (Wildman–Crippen LogP) is -1.61.